The van der Waals surface area contributed by atoms with Gasteiger partial charge in [-0.3, -0.25) is 9.59 Å². The van der Waals surface area contributed by atoms with E-state index < -0.39 is 12.3 Å². The lowest BCUT2D eigenvalue weighted by Gasteiger charge is -2.18. The molecule has 1 atom stereocenters. The summed E-state index contributed by atoms with van der Waals surface area (Å²) in [6.07, 6.45) is -3.74. The molecule has 3 rings (SSSR count). The van der Waals surface area contributed by atoms with Crippen molar-refractivity contribution >= 4 is 17.5 Å². The number of hydrogen-bond acceptors (Lipinski definition) is 4. The Kier molecular flexibility index (Phi) is 4.98. The molecule has 1 heterocycles. The molecule has 2 aromatic carbocycles. The van der Waals surface area contributed by atoms with Crippen molar-refractivity contribution in [3.05, 3.63) is 53.6 Å². The highest BCUT2D eigenvalue weighted by molar-refractivity contribution is 5.92. The van der Waals surface area contributed by atoms with Gasteiger partial charge >= 0.3 is 6.29 Å². The Bertz CT molecular complexity index is 869. The molecule has 8 heteroatoms. The number of amides is 2. The molecule has 2 N–H and O–H groups in total. The first kappa shape index (κ1) is 18.6. The third-order valence-corrected chi connectivity index (χ3v) is 3.93. The van der Waals surface area contributed by atoms with Gasteiger partial charge in [-0.2, -0.15) is 0 Å². The molecule has 0 aromatic heterocycles. The van der Waals surface area contributed by atoms with Crippen LogP contribution in [-0.4, -0.2) is 18.1 Å². The summed E-state index contributed by atoms with van der Waals surface area (Å²) >= 11 is 0. The molecular formula is C19H18F2N2O4. The van der Waals surface area contributed by atoms with Crippen molar-refractivity contribution in [2.45, 2.75) is 32.6 Å². The summed E-state index contributed by atoms with van der Waals surface area (Å²) in [5.41, 5.74) is 2.13. The Labute approximate surface area is 154 Å². The normalized spacial score (nSPS) is 15.1. The van der Waals surface area contributed by atoms with Crippen molar-refractivity contribution in [3.8, 4) is 11.5 Å². The minimum absolute atomic E-state index is 0.0206. The minimum Gasteiger partial charge on any atom is -0.395 e. The molecule has 2 amide bonds. The van der Waals surface area contributed by atoms with Gasteiger partial charge < -0.3 is 20.1 Å². The Morgan fingerprint density at radius 3 is 2.41 bits per heavy atom. The molecule has 0 saturated carbocycles. The van der Waals surface area contributed by atoms with E-state index in [4.69, 9.17) is 0 Å². The molecule has 6 nitrogen and oxygen atoms in total. The lowest BCUT2D eigenvalue weighted by Crippen LogP contribution is -2.29. The standard InChI is InChI=1S/C19H18F2N2O4/c1-11-3-5-13(6-4-11)15(22-12(2)24)10-18(25)23-14-7-8-16-17(9-14)27-19(20,21)26-16/h3-9,15H,10H2,1-2H3,(H,22,24)(H,23,25)/t15-/m1/s1. The molecule has 27 heavy (non-hydrogen) atoms. The van der Waals surface area contributed by atoms with Crippen molar-refractivity contribution in [3.63, 3.8) is 0 Å². The number of carbonyl (C=O) groups is 2. The summed E-state index contributed by atoms with van der Waals surface area (Å²) < 4.78 is 34.8. The smallest absolute Gasteiger partial charge is 0.395 e. The van der Waals surface area contributed by atoms with Gasteiger partial charge in [0, 0.05) is 18.7 Å². The van der Waals surface area contributed by atoms with Crippen molar-refractivity contribution in [2.24, 2.45) is 0 Å². The van der Waals surface area contributed by atoms with Gasteiger partial charge in [-0.05, 0) is 24.6 Å². The summed E-state index contributed by atoms with van der Waals surface area (Å²) in [7, 11) is 0. The number of nitrogens with one attached hydrogen (secondary N) is 2. The Balaban J connectivity index is 1.69. The van der Waals surface area contributed by atoms with Crippen LogP contribution >= 0.6 is 0 Å². The van der Waals surface area contributed by atoms with Crippen LogP contribution in [0.15, 0.2) is 42.5 Å². The van der Waals surface area contributed by atoms with E-state index in [2.05, 4.69) is 20.1 Å². The van der Waals surface area contributed by atoms with Crippen LogP contribution in [-0.2, 0) is 9.59 Å². The second-order valence-corrected chi connectivity index (χ2v) is 6.25. The maximum atomic E-state index is 13.1. The number of carbonyl (C=O) groups excluding carboxylic acids is 2. The van der Waals surface area contributed by atoms with E-state index in [1.807, 2.05) is 31.2 Å². The molecule has 0 bridgehead atoms. The third kappa shape index (κ3) is 4.72. The molecule has 1 aliphatic rings. The van der Waals surface area contributed by atoms with E-state index in [1.54, 1.807) is 0 Å². The molecule has 1 aliphatic heterocycles. The van der Waals surface area contributed by atoms with Gasteiger partial charge in [0.05, 0.1) is 12.5 Å². The fourth-order valence-electron chi connectivity index (χ4n) is 2.72. The van der Waals surface area contributed by atoms with E-state index in [-0.39, 0.29) is 35.4 Å². The van der Waals surface area contributed by atoms with Gasteiger partial charge in [0.25, 0.3) is 0 Å². The van der Waals surface area contributed by atoms with Crippen LogP contribution in [0.1, 0.15) is 30.5 Å². The zero-order valence-corrected chi connectivity index (χ0v) is 14.7. The molecule has 2 aromatic rings. The van der Waals surface area contributed by atoms with Crippen LogP contribution in [0, 0.1) is 6.92 Å². The molecule has 0 aliphatic carbocycles. The molecular weight excluding hydrogens is 358 g/mol. The van der Waals surface area contributed by atoms with Gasteiger partial charge in [0.15, 0.2) is 11.5 Å². The predicted molar refractivity (Wildman–Crippen MR) is 93.6 cm³/mol. The number of aryl methyl sites for hydroxylation is 1. The van der Waals surface area contributed by atoms with Crippen LogP contribution in [0.2, 0.25) is 0 Å². The maximum absolute atomic E-state index is 13.1. The van der Waals surface area contributed by atoms with Crippen LogP contribution in [0.4, 0.5) is 14.5 Å². The first-order valence-corrected chi connectivity index (χ1v) is 8.25. The van der Waals surface area contributed by atoms with E-state index in [0.29, 0.717) is 0 Å². The van der Waals surface area contributed by atoms with Gasteiger partial charge in [-0.25, -0.2) is 0 Å². The number of fused-ring (bicyclic) bond motifs is 1. The zero-order chi connectivity index (χ0) is 19.6. The Morgan fingerprint density at radius 1 is 1.07 bits per heavy atom. The number of halogens is 2. The van der Waals surface area contributed by atoms with Gasteiger partial charge in [0.2, 0.25) is 11.8 Å². The molecule has 0 saturated heterocycles. The monoisotopic (exact) mass is 376 g/mol. The topological polar surface area (TPSA) is 76.7 Å². The van der Waals surface area contributed by atoms with Crippen molar-refractivity contribution < 1.29 is 27.8 Å². The van der Waals surface area contributed by atoms with E-state index in [9.17, 15) is 18.4 Å². The number of benzene rings is 2. The quantitative estimate of drug-likeness (QED) is 0.837. The maximum Gasteiger partial charge on any atom is 0.586 e. The largest absolute Gasteiger partial charge is 0.586 e. The second-order valence-electron chi connectivity index (χ2n) is 6.25. The van der Waals surface area contributed by atoms with Crippen LogP contribution in [0.5, 0.6) is 11.5 Å². The van der Waals surface area contributed by atoms with Crippen LogP contribution in [0.3, 0.4) is 0 Å². The Morgan fingerprint density at radius 2 is 1.74 bits per heavy atom. The first-order valence-electron chi connectivity index (χ1n) is 8.25. The highest BCUT2D eigenvalue weighted by Crippen LogP contribution is 2.42. The van der Waals surface area contributed by atoms with E-state index >= 15 is 0 Å². The van der Waals surface area contributed by atoms with Gasteiger partial charge in [-0.1, -0.05) is 29.8 Å². The van der Waals surface area contributed by atoms with Gasteiger partial charge in [-0.15, -0.1) is 8.78 Å². The van der Waals surface area contributed by atoms with Crippen molar-refractivity contribution in [1.29, 1.82) is 0 Å². The number of anilines is 1. The molecule has 0 spiro atoms. The van der Waals surface area contributed by atoms with Crippen LogP contribution < -0.4 is 20.1 Å². The minimum atomic E-state index is -3.72. The average Bonchev–Trinajstić information content (AvgIpc) is 2.87. The summed E-state index contributed by atoms with van der Waals surface area (Å²) in [4.78, 5) is 23.9. The van der Waals surface area contributed by atoms with E-state index in [1.165, 1.54) is 25.1 Å². The number of alkyl halides is 2. The fraction of sp³-hybridized carbons (Fsp3) is 0.263. The highest BCUT2D eigenvalue weighted by Gasteiger charge is 2.43. The molecule has 0 fully saturated rings. The number of hydrogen-bond donors (Lipinski definition) is 2. The zero-order valence-electron chi connectivity index (χ0n) is 14.7. The van der Waals surface area contributed by atoms with Crippen molar-refractivity contribution in [1.82, 2.24) is 5.32 Å². The summed E-state index contributed by atoms with van der Waals surface area (Å²) in [5.74, 6) is -0.915. The van der Waals surface area contributed by atoms with Crippen LogP contribution in [0.25, 0.3) is 0 Å². The molecule has 0 unspecified atom stereocenters. The Hall–Kier alpha value is -3.16. The fourth-order valence-corrected chi connectivity index (χ4v) is 2.72. The summed E-state index contributed by atoms with van der Waals surface area (Å²) in [5, 5.41) is 5.35. The van der Waals surface area contributed by atoms with Crippen molar-refractivity contribution in [2.75, 3.05) is 5.32 Å². The summed E-state index contributed by atoms with van der Waals surface area (Å²) in [6.45, 7) is 3.31. The second kappa shape index (κ2) is 7.22. The lowest BCUT2D eigenvalue weighted by atomic mass is 10.0. The SMILES string of the molecule is CC(=O)N[C@H](CC(=O)Nc1ccc2c(c1)OC(F)(F)O2)c1ccc(C)cc1. The third-order valence-electron chi connectivity index (χ3n) is 3.93. The summed E-state index contributed by atoms with van der Waals surface area (Å²) in [6, 6.07) is 10.9. The first-order chi connectivity index (χ1) is 12.7. The predicted octanol–water partition coefficient (Wildman–Crippen LogP) is 3.52. The average molecular weight is 376 g/mol. The highest BCUT2D eigenvalue weighted by atomic mass is 19.3. The lowest BCUT2D eigenvalue weighted by molar-refractivity contribution is -0.286. The number of rotatable bonds is 5. The number of ether oxygens (including phenoxy) is 2. The van der Waals surface area contributed by atoms with E-state index in [0.717, 1.165) is 11.1 Å². The van der Waals surface area contributed by atoms with Gasteiger partial charge in [0.1, 0.15) is 0 Å². The molecule has 0 radical (unpaired) electrons. The molecule has 142 valence electrons.